The summed E-state index contributed by atoms with van der Waals surface area (Å²) < 4.78 is 5.66. The fourth-order valence-corrected chi connectivity index (χ4v) is 3.38. The lowest BCUT2D eigenvalue weighted by Crippen LogP contribution is -2.33. The zero-order valence-corrected chi connectivity index (χ0v) is 18.5. The summed E-state index contributed by atoms with van der Waals surface area (Å²) in [5.41, 5.74) is 0.480. The lowest BCUT2D eigenvalue weighted by Gasteiger charge is -2.08. The number of rotatable bonds is 5. The van der Waals surface area contributed by atoms with Crippen LogP contribution >= 0.6 is 47.0 Å². The summed E-state index contributed by atoms with van der Waals surface area (Å²) in [7, 11) is 0. The van der Waals surface area contributed by atoms with Crippen LogP contribution in [-0.4, -0.2) is 15.9 Å². The van der Waals surface area contributed by atoms with Crippen molar-refractivity contribution >= 4 is 75.5 Å². The molecule has 7 nitrogen and oxygen atoms in total. The Balaban J connectivity index is 1.63. The minimum absolute atomic E-state index is 0.0965. The van der Waals surface area contributed by atoms with Crippen molar-refractivity contribution in [2.75, 3.05) is 5.32 Å². The maximum absolute atomic E-state index is 12.1. The molecule has 158 valence electrons. The standard InChI is InChI=1S/C20H12Cl3N3O4S/c21-11-1-5-14(15(23)9-11)18-7-3-13(30-18)4-8-19(27)25-20(31)24-16-6-2-12(22)10-17(16)26(28)29/h1-10H,(H2,24,25,27,31)/b8-4+. The molecule has 11 heteroatoms. The highest BCUT2D eigenvalue weighted by Crippen LogP contribution is 2.32. The van der Waals surface area contributed by atoms with Crippen LogP contribution in [0.4, 0.5) is 11.4 Å². The summed E-state index contributed by atoms with van der Waals surface area (Å²) in [4.78, 5) is 22.6. The summed E-state index contributed by atoms with van der Waals surface area (Å²) in [6.45, 7) is 0. The van der Waals surface area contributed by atoms with E-state index in [2.05, 4.69) is 10.6 Å². The Morgan fingerprint density at radius 1 is 1.06 bits per heavy atom. The van der Waals surface area contributed by atoms with Crippen LogP contribution in [0.25, 0.3) is 17.4 Å². The van der Waals surface area contributed by atoms with Crippen molar-refractivity contribution in [3.63, 3.8) is 0 Å². The van der Waals surface area contributed by atoms with Gasteiger partial charge in [-0.2, -0.15) is 0 Å². The highest BCUT2D eigenvalue weighted by atomic mass is 35.5. The number of hydrogen-bond acceptors (Lipinski definition) is 5. The predicted molar refractivity (Wildman–Crippen MR) is 126 cm³/mol. The largest absolute Gasteiger partial charge is 0.457 e. The van der Waals surface area contributed by atoms with Gasteiger partial charge >= 0.3 is 0 Å². The molecule has 0 fully saturated rings. The third-order valence-electron chi connectivity index (χ3n) is 3.86. The molecule has 31 heavy (non-hydrogen) atoms. The third kappa shape index (κ3) is 6.05. The second-order valence-corrected chi connectivity index (χ2v) is 7.71. The Labute approximate surface area is 196 Å². The van der Waals surface area contributed by atoms with Crippen LogP contribution in [-0.2, 0) is 4.79 Å². The molecule has 3 rings (SSSR count). The number of carbonyl (C=O) groups is 1. The van der Waals surface area contributed by atoms with Crippen molar-refractivity contribution in [1.82, 2.24) is 5.32 Å². The first-order valence-electron chi connectivity index (χ1n) is 8.52. The lowest BCUT2D eigenvalue weighted by atomic mass is 10.2. The number of furan rings is 1. The number of hydrogen-bond donors (Lipinski definition) is 2. The molecule has 0 aliphatic carbocycles. The summed E-state index contributed by atoms with van der Waals surface area (Å²) in [6, 6.07) is 12.4. The van der Waals surface area contributed by atoms with Gasteiger partial charge in [0.05, 0.1) is 9.95 Å². The van der Waals surface area contributed by atoms with Gasteiger partial charge in [0, 0.05) is 27.8 Å². The molecule has 0 saturated heterocycles. The van der Waals surface area contributed by atoms with E-state index in [-0.39, 0.29) is 21.5 Å². The molecule has 0 atom stereocenters. The molecule has 1 heterocycles. The van der Waals surface area contributed by atoms with E-state index in [1.54, 1.807) is 30.3 Å². The number of nitro benzene ring substituents is 1. The van der Waals surface area contributed by atoms with Crippen molar-refractivity contribution in [3.05, 3.63) is 85.5 Å². The molecule has 0 radical (unpaired) electrons. The first-order valence-corrected chi connectivity index (χ1v) is 10.1. The second kappa shape index (κ2) is 9.93. The van der Waals surface area contributed by atoms with E-state index in [4.69, 9.17) is 51.4 Å². The van der Waals surface area contributed by atoms with Gasteiger partial charge in [0.15, 0.2) is 5.11 Å². The molecule has 2 aromatic carbocycles. The predicted octanol–water partition coefficient (Wildman–Crippen LogP) is 6.34. The van der Waals surface area contributed by atoms with E-state index in [9.17, 15) is 14.9 Å². The van der Waals surface area contributed by atoms with Crippen molar-refractivity contribution in [2.24, 2.45) is 0 Å². The van der Waals surface area contributed by atoms with Gasteiger partial charge in [-0.05, 0) is 60.8 Å². The van der Waals surface area contributed by atoms with Crippen LogP contribution in [0.15, 0.2) is 59.0 Å². The van der Waals surface area contributed by atoms with Gasteiger partial charge in [-0.3, -0.25) is 20.2 Å². The van der Waals surface area contributed by atoms with Gasteiger partial charge in [0.1, 0.15) is 17.2 Å². The number of nitro groups is 1. The van der Waals surface area contributed by atoms with E-state index >= 15 is 0 Å². The fraction of sp³-hybridized carbons (Fsp3) is 0. The summed E-state index contributed by atoms with van der Waals surface area (Å²) in [5, 5.41) is 17.1. The van der Waals surface area contributed by atoms with Crippen molar-refractivity contribution < 1.29 is 14.1 Å². The van der Waals surface area contributed by atoms with Crippen LogP contribution in [0.1, 0.15) is 5.76 Å². The van der Waals surface area contributed by atoms with Gasteiger partial charge in [0.2, 0.25) is 5.91 Å². The zero-order valence-electron chi connectivity index (χ0n) is 15.4. The van der Waals surface area contributed by atoms with Crippen molar-refractivity contribution in [2.45, 2.75) is 0 Å². The molecule has 2 N–H and O–H groups in total. The van der Waals surface area contributed by atoms with Crippen LogP contribution in [0.5, 0.6) is 0 Å². The third-order valence-corrected chi connectivity index (χ3v) is 4.85. The molecule has 3 aromatic rings. The first kappa shape index (κ1) is 22.8. The molecule has 1 aromatic heterocycles. The molecular formula is C20H12Cl3N3O4S. The van der Waals surface area contributed by atoms with E-state index in [1.165, 1.54) is 30.4 Å². The Bertz CT molecular complexity index is 1210. The Kier molecular flexibility index (Phi) is 7.29. The number of thiocarbonyl (C=S) groups is 1. The molecule has 0 bridgehead atoms. The topological polar surface area (TPSA) is 97.4 Å². The van der Waals surface area contributed by atoms with Crippen LogP contribution in [0.2, 0.25) is 15.1 Å². The number of nitrogens with zero attached hydrogens (tertiary/aromatic N) is 1. The quantitative estimate of drug-likeness (QED) is 0.185. The average Bonchev–Trinajstić information content (AvgIpc) is 3.16. The van der Waals surface area contributed by atoms with E-state index in [1.807, 2.05) is 0 Å². The van der Waals surface area contributed by atoms with E-state index in [0.717, 1.165) is 0 Å². The molecular weight excluding hydrogens is 485 g/mol. The Morgan fingerprint density at radius 3 is 2.48 bits per heavy atom. The van der Waals surface area contributed by atoms with Gasteiger partial charge in [0.25, 0.3) is 5.69 Å². The molecule has 0 aliphatic rings. The molecule has 0 saturated carbocycles. The summed E-state index contributed by atoms with van der Waals surface area (Å²) in [5.74, 6) is 0.355. The minimum atomic E-state index is -0.611. The monoisotopic (exact) mass is 495 g/mol. The highest BCUT2D eigenvalue weighted by molar-refractivity contribution is 7.80. The van der Waals surface area contributed by atoms with Crippen LogP contribution in [0.3, 0.4) is 0 Å². The van der Waals surface area contributed by atoms with Crippen molar-refractivity contribution in [1.29, 1.82) is 0 Å². The molecule has 0 unspecified atom stereocenters. The van der Waals surface area contributed by atoms with Crippen molar-refractivity contribution in [3.8, 4) is 11.3 Å². The number of amides is 1. The van der Waals surface area contributed by atoms with E-state index in [0.29, 0.717) is 27.1 Å². The normalized spacial score (nSPS) is 10.8. The van der Waals surface area contributed by atoms with Crippen LogP contribution in [0, 0.1) is 10.1 Å². The second-order valence-electron chi connectivity index (χ2n) is 6.02. The van der Waals surface area contributed by atoms with Gasteiger partial charge in [-0.1, -0.05) is 34.8 Å². The Morgan fingerprint density at radius 2 is 1.77 bits per heavy atom. The van der Waals surface area contributed by atoms with Crippen LogP contribution < -0.4 is 10.6 Å². The number of carbonyl (C=O) groups excluding carboxylic acids is 1. The smallest absolute Gasteiger partial charge is 0.294 e. The Hall–Kier alpha value is -2.91. The molecule has 0 aliphatic heterocycles. The zero-order chi connectivity index (χ0) is 22.5. The maximum atomic E-state index is 12.1. The number of halogens is 3. The number of benzene rings is 2. The molecule has 1 amide bonds. The van der Waals surface area contributed by atoms with E-state index < -0.39 is 10.8 Å². The highest BCUT2D eigenvalue weighted by Gasteiger charge is 2.16. The summed E-state index contributed by atoms with van der Waals surface area (Å²) in [6.07, 6.45) is 2.65. The first-order chi connectivity index (χ1) is 14.7. The van der Waals surface area contributed by atoms with Gasteiger partial charge in [-0.25, -0.2) is 0 Å². The summed E-state index contributed by atoms with van der Waals surface area (Å²) >= 11 is 22.9. The minimum Gasteiger partial charge on any atom is -0.457 e. The SMILES string of the molecule is O=C(/C=C/c1ccc(-c2ccc(Cl)cc2Cl)o1)NC(=S)Nc1ccc(Cl)cc1[N+](=O)[O-]. The number of nitrogens with one attached hydrogen (secondary N) is 2. The fourth-order valence-electron chi connectivity index (χ4n) is 2.50. The molecule has 0 spiro atoms. The average molecular weight is 497 g/mol. The number of anilines is 1. The van der Waals surface area contributed by atoms with Gasteiger partial charge < -0.3 is 9.73 Å². The van der Waals surface area contributed by atoms with Gasteiger partial charge in [-0.15, -0.1) is 0 Å². The maximum Gasteiger partial charge on any atom is 0.294 e. The lowest BCUT2D eigenvalue weighted by molar-refractivity contribution is -0.383.